The van der Waals surface area contributed by atoms with Crippen molar-refractivity contribution in [3.05, 3.63) is 26.4 Å². The second kappa shape index (κ2) is 5.18. The number of rotatable bonds is 4. The number of hydrogen-bond acceptors (Lipinski definition) is 4. The fourth-order valence-corrected chi connectivity index (χ4v) is 1.76. The Morgan fingerprint density at radius 3 is 2.18 bits per heavy atom. The fourth-order valence-electron chi connectivity index (χ4n) is 1.63. The topological polar surface area (TPSA) is 87.1 Å². The van der Waals surface area contributed by atoms with Gasteiger partial charge in [0.2, 0.25) is 0 Å². The van der Waals surface area contributed by atoms with Crippen molar-refractivity contribution in [1.82, 2.24) is 9.13 Å². The van der Waals surface area contributed by atoms with Crippen molar-refractivity contribution < 1.29 is 4.79 Å². The Labute approximate surface area is 103 Å². The minimum atomic E-state index is -0.676. The third-order valence-electron chi connectivity index (χ3n) is 2.50. The molecule has 0 saturated heterocycles. The van der Waals surface area contributed by atoms with Gasteiger partial charge in [0.25, 0.3) is 5.56 Å². The van der Waals surface area contributed by atoms with E-state index in [9.17, 15) is 14.4 Å². The molecule has 0 radical (unpaired) electrons. The summed E-state index contributed by atoms with van der Waals surface area (Å²) < 4.78 is 2.16. The van der Waals surface area contributed by atoms with Crippen LogP contribution in [0, 0.1) is 0 Å². The van der Waals surface area contributed by atoms with Gasteiger partial charge in [-0.25, -0.2) is 4.79 Å². The summed E-state index contributed by atoms with van der Waals surface area (Å²) in [4.78, 5) is 35.3. The molecule has 94 valence electrons. The number of Topliss-reactive ketones (excluding diaryl/α,β-unsaturated/α-hetero) is 1. The first-order valence-corrected chi connectivity index (χ1v) is 5.75. The minimum Gasteiger partial charge on any atom is -0.384 e. The van der Waals surface area contributed by atoms with Gasteiger partial charge in [0, 0.05) is 13.1 Å². The number of nitrogens with two attached hydrogens (primary N) is 1. The quantitative estimate of drug-likeness (QED) is 0.612. The van der Waals surface area contributed by atoms with Crippen LogP contribution in [0.4, 0.5) is 5.82 Å². The zero-order valence-electron chi connectivity index (χ0n) is 9.70. The number of halogens is 1. The molecule has 17 heavy (non-hydrogen) atoms. The van der Waals surface area contributed by atoms with E-state index in [0.29, 0.717) is 0 Å². The summed E-state index contributed by atoms with van der Waals surface area (Å²) in [5.74, 6) is -1.03. The molecule has 7 heteroatoms. The van der Waals surface area contributed by atoms with Crippen molar-refractivity contribution in [3.8, 4) is 0 Å². The molecular formula is C10H14ClN3O3. The van der Waals surface area contributed by atoms with Crippen molar-refractivity contribution in [2.24, 2.45) is 0 Å². The molecule has 6 nitrogen and oxygen atoms in total. The Hall–Kier alpha value is -1.56. The van der Waals surface area contributed by atoms with Crippen LogP contribution in [0.2, 0.25) is 0 Å². The first kappa shape index (κ1) is 13.5. The van der Waals surface area contributed by atoms with E-state index in [-0.39, 0.29) is 30.4 Å². The maximum absolute atomic E-state index is 11.9. The van der Waals surface area contributed by atoms with Gasteiger partial charge in [-0.2, -0.15) is 0 Å². The van der Waals surface area contributed by atoms with Crippen LogP contribution in [0.3, 0.4) is 0 Å². The molecule has 0 saturated carbocycles. The Morgan fingerprint density at radius 2 is 1.76 bits per heavy atom. The summed E-state index contributed by atoms with van der Waals surface area (Å²) in [5, 5.41) is 0. The number of hydrogen-bond donors (Lipinski definition) is 1. The molecule has 0 aliphatic carbocycles. The third kappa shape index (κ3) is 2.12. The fraction of sp³-hybridized carbons (Fsp3) is 0.500. The maximum atomic E-state index is 11.9. The number of carbonyl (C=O) groups excluding carboxylic acids is 1. The average Bonchev–Trinajstić information content (AvgIpc) is 2.29. The van der Waals surface area contributed by atoms with Crippen molar-refractivity contribution in [1.29, 1.82) is 0 Å². The summed E-state index contributed by atoms with van der Waals surface area (Å²) in [6, 6.07) is 0. The van der Waals surface area contributed by atoms with Crippen LogP contribution in [0.25, 0.3) is 0 Å². The van der Waals surface area contributed by atoms with Gasteiger partial charge in [-0.1, -0.05) is 0 Å². The highest BCUT2D eigenvalue weighted by molar-refractivity contribution is 6.31. The Bertz CT molecular complexity index is 559. The molecule has 0 aromatic carbocycles. The minimum absolute atomic E-state index is 0.113. The number of nitrogen functional groups attached to an aromatic ring is 1. The summed E-state index contributed by atoms with van der Waals surface area (Å²) >= 11 is 5.42. The van der Waals surface area contributed by atoms with Crippen molar-refractivity contribution in [2.45, 2.75) is 26.9 Å². The lowest BCUT2D eigenvalue weighted by Crippen LogP contribution is -2.43. The summed E-state index contributed by atoms with van der Waals surface area (Å²) in [6.45, 7) is 3.82. The normalized spacial score (nSPS) is 10.5. The van der Waals surface area contributed by atoms with Gasteiger partial charge in [0.15, 0.2) is 5.78 Å². The predicted octanol–water partition coefficient (Wildman–Crippen LogP) is 0.0535. The van der Waals surface area contributed by atoms with Crippen molar-refractivity contribution in [2.75, 3.05) is 11.6 Å². The standard InChI is InChI=1S/C10H14ClN3O3/c1-3-13-8(12)7(6(15)5-11)9(16)14(4-2)10(13)17/h3-5,12H2,1-2H3. The van der Waals surface area contributed by atoms with Crippen molar-refractivity contribution in [3.63, 3.8) is 0 Å². The van der Waals surface area contributed by atoms with Gasteiger partial charge in [-0.15, -0.1) is 11.6 Å². The Morgan fingerprint density at radius 1 is 1.24 bits per heavy atom. The van der Waals surface area contributed by atoms with Gasteiger partial charge in [-0.05, 0) is 13.8 Å². The van der Waals surface area contributed by atoms with E-state index >= 15 is 0 Å². The van der Waals surface area contributed by atoms with E-state index in [2.05, 4.69) is 0 Å². The zero-order valence-corrected chi connectivity index (χ0v) is 10.5. The second-order valence-corrected chi connectivity index (χ2v) is 3.66. The van der Waals surface area contributed by atoms with E-state index in [1.54, 1.807) is 13.8 Å². The largest absolute Gasteiger partial charge is 0.384 e. The van der Waals surface area contributed by atoms with E-state index in [0.717, 1.165) is 4.57 Å². The molecule has 1 aromatic heterocycles. The zero-order chi connectivity index (χ0) is 13.2. The first-order valence-electron chi connectivity index (χ1n) is 5.21. The molecule has 0 spiro atoms. The van der Waals surface area contributed by atoms with Crippen LogP contribution in [0.15, 0.2) is 9.59 Å². The highest BCUT2D eigenvalue weighted by atomic mass is 35.5. The molecular weight excluding hydrogens is 246 g/mol. The number of nitrogens with zero attached hydrogens (tertiary/aromatic N) is 2. The molecule has 0 atom stereocenters. The van der Waals surface area contributed by atoms with Gasteiger partial charge in [-0.3, -0.25) is 18.7 Å². The molecule has 0 unspecified atom stereocenters. The second-order valence-electron chi connectivity index (χ2n) is 3.39. The predicted molar refractivity (Wildman–Crippen MR) is 65.8 cm³/mol. The number of aromatic nitrogens is 2. The van der Waals surface area contributed by atoms with Crippen LogP contribution in [-0.4, -0.2) is 20.8 Å². The molecule has 2 N–H and O–H groups in total. The maximum Gasteiger partial charge on any atom is 0.332 e. The van der Waals surface area contributed by atoms with Crippen LogP contribution in [-0.2, 0) is 13.1 Å². The lowest BCUT2D eigenvalue weighted by molar-refractivity contribution is 0.101. The SMILES string of the molecule is CCn1c(N)c(C(=O)CCl)c(=O)n(CC)c1=O. The van der Waals surface area contributed by atoms with E-state index in [1.165, 1.54) is 4.57 Å². The highest BCUT2D eigenvalue weighted by Gasteiger charge is 2.20. The molecule has 0 aliphatic rings. The number of alkyl halides is 1. The molecule has 1 aromatic rings. The molecule has 0 bridgehead atoms. The molecule has 1 rings (SSSR count). The number of ketones is 1. The average molecular weight is 260 g/mol. The smallest absolute Gasteiger partial charge is 0.332 e. The lowest BCUT2D eigenvalue weighted by atomic mass is 10.2. The highest BCUT2D eigenvalue weighted by Crippen LogP contribution is 2.06. The van der Waals surface area contributed by atoms with Gasteiger partial charge in [0.05, 0.1) is 5.88 Å². The van der Waals surface area contributed by atoms with E-state index < -0.39 is 17.0 Å². The van der Waals surface area contributed by atoms with E-state index in [4.69, 9.17) is 17.3 Å². The van der Waals surface area contributed by atoms with Crippen LogP contribution in [0.5, 0.6) is 0 Å². The molecule has 0 aliphatic heterocycles. The Balaban J connectivity index is 3.79. The monoisotopic (exact) mass is 259 g/mol. The first-order chi connectivity index (χ1) is 7.99. The molecule has 0 amide bonds. The summed E-state index contributed by atoms with van der Waals surface area (Å²) in [7, 11) is 0. The molecule has 1 heterocycles. The Kier molecular flexibility index (Phi) is 4.11. The third-order valence-corrected chi connectivity index (χ3v) is 2.74. The van der Waals surface area contributed by atoms with E-state index in [1.807, 2.05) is 0 Å². The van der Waals surface area contributed by atoms with Gasteiger partial charge < -0.3 is 5.73 Å². The summed E-state index contributed by atoms with van der Waals surface area (Å²) in [6.07, 6.45) is 0. The van der Waals surface area contributed by atoms with Crippen LogP contribution >= 0.6 is 11.6 Å². The number of anilines is 1. The molecule has 0 fully saturated rings. The van der Waals surface area contributed by atoms with Crippen LogP contribution < -0.4 is 17.0 Å². The van der Waals surface area contributed by atoms with Gasteiger partial charge in [0.1, 0.15) is 11.4 Å². The summed E-state index contributed by atoms with van der Waals surface area (Å²) in [5.41, 5.74) is 4.27. The lowest BCUT2D eigenvalue weighted by Gasteiger charge is -2.13. The van der Waals surface area contributed by atoms with Crippen LogP contribution in [0.1, 0.15) is 24.2 Å². The van der Waals surface area contributed by atoms with Gasteiger partial charge >= 0.3 is 5.69 Å². The van der Waals surface area contributed by atoms with Crippen molar-refractivity contribution >= 4 is 23.2 Å². The number of carbonyl (C=O) groups is 1.